The van der Waals surface area contributed by atoms with Crippen molar-refractivity contribution in [3.05, 3.63) is 71.6 Å². The van der Waals surface area contributed by atoms with E-state index in [1.165, 1.54) is 5.56 Å². The number of unbranched alkanes of at least 4 members (excludes halogenated alkanes) is 1. The van der Waals surface area contributed by atoms with Crippen LogP contribution < -0.4 is 10.6 Å². The summed E-state index contributed by atoms with van der Waals surface area (Å²) in [6, 6.07) is 17.5. The fourth-order valence-electron chi connectivity index (χ4n) is 3.15. The van der Waals surface area contributed by atoms with Crippen LogP contribution in [0, 0.1) is 0 Å². The Labute approximate surface area is 171 Å². The van der Waals surface area contributed by atoms with Crippen molar-refractivity contribution in [3.8, 4) is 11.4 Å². The van der Waals surface area contributed by atoms with Gasteiger partial charge in [-0.25, -0.2) is 0 Å². The van der Waals surface area contributed by atoms with Gasteiger partial charge >= 0.3 is 0 Å². The minimum Gasteiger partial charge on any atom is -0.349 e. The minimum absolute atomic E-state index is 0.0484. The Bertz CT molecular complexity index is 891. The van der Waals surface area contributed by atoms with Crippen LogP contribution in [0.15, 0.2) is 59.1 Å². The highest BCUT2D eigenvalue weighted by molar-refractivity contribution is 5.94. The van der Waals surface area contributed by atoms with Gasteiger partial charge in [0.15, 0.2) is 0 Å². The van der Waals surface area contributed by atoms with Crippen molar-refractivity contribution >= 4 is 5.91 Å². The Balaban J connectivity index is 1.54. The zero-order chi connectivity index (χ0) is 20.5. The molecule has 0 unspecified atom stereocenters. The molecule has 2 N–H and O–H groups in total. The monoisotopic (exact) mass is 392 g/mol. The molecule has 3 rings (SSSR count). The van der Waals surface area contributed by atoms with Gasteiger partial charge < -0.3 is 15.2 Å². The zero-order valence-corrected chi connectivity index (χ0v) is 17.0. The zero-order valence-electron chi connectivity index (χ0n) is 17.0. The predicted octanol–water partition coefficient (Wildman–Crippen LogP) is 3.64. The van der Waals surface area contributed by atoms with Crippen LogP contribution in [0.1, 0.15) is 41.6 Å². The van der Waals surface area contributed by atoms with E-state index in [1.807, 2.05) is 44.3 Å². The summed E-state index contributed by atoms with van der Waals surface area (Å²) in [5.41, 5.74) is 2.66. The Morgan fingerprint density at radius 1 is 1.07 bits per heavy atom. The smallest absolute Gasteiger partial charge is 0.251 e. The lowest BCUT2D eigenvalue weighted by atomic mass is 10.1. The molecule has 3 aromatic rings. The maximum absolute atomic E-state index is 12.5. The van der Waals surface area contributed by atoms with Crippen LogP contribution in [0.4, 0.5) is 0 Å². The van der Waals surface area contributed by atoms with Gasteiger partial charge in [-0.2, -0.15) is 4.98 Å². The number of hydrogen-bond acceptors (Lipinski definition) is 5. The molecule has 1 atom stereocenters. The first-order valence-corrected chi connectivity index (χ1v) is 10.1. The molecule has 6 nitrogen and oxygen atoms in total. The second-order valence-corrected chi connectivity index (χ2v) is 7.21. The minimum atomic E-state index is -0.0849. The molecule has 1 amide bonds. The van der Waals surface area contributed by atoms with E-state index in [0.717, 1.165) is 37.8 Å². The normalized spacial score (nSPS) is 11.9. The first kappa shape index (κ1) is 20.7. The first-order valence-electron chi connectivity index (χ1n) is 10.1. The van der Waals surface area contributed by atoms with Crippen molar-refractivity contribution in [2.75, 3.05) is 13.6 Å². The van der Waals surface area contributed by atoms with Crippen LogP contribution in [0.5, 0.6) is 0 Å². The van der Waals surface area contributed by atoms with Crippen molar-refractivity contribution in [1.29, 1.82) is 0 Å². The number of aromatic nitrogens is 2. The van der Waals surface area contributed by atoms with Crippen molar-refractivity contribution < 1.29 is 9.32 Å². The topological polar surface area (TPSA) is 80.0 Å². The SMILES string of the molecule is CNCCCCc1nc(-c2ccc(C(=O)N[C@H](C)Cc3ccccc3)cc2)no1. The Kier molecular flexibility index (Phi) is 7.53. The second-order valence-electron chi connectivity index (χ2n) is 7.21. The average Bonchev–Trinajstić information content (AvgIpc) is 3.21. The van der Waals surface area contributed by atoms with Gasteiger partial charge in [-0.3, -0.25) is 4.79 Å². The van der Waals surface area contributed by atoms with Crippen LogP contribution in [0.3, 0.4) is 0 Å². The van der Waals surface area contributed by atoms with Crippen LogP contribution in [-0.4, -0.2) is 35.7 Å². The molecule has 0 fully saturated rings. The summed E-state index contributed by atoms with van der Waals surface area (Å²) in [6.45, 7) is 2.99. The third-order valence-corrected chi connectivity index (χ3v) is 4.70. The molecule has 0 aliphatic heterocycles. The van der Waals surface area contributed by atoms with Crippen molar-refractivity contribution in [2.45, 2.75) is 38.6 Å². The van der Waals surface area contributed by atoms with E-state index in [1.54, 1.807) is 12.1 Å². The quantitative estimate of drug-likeness (QED) is 0.515. The summed E-state index contributed by atoms with van der Waals surface area (Å²) in [4.78, 5) is 17.0. The Morgan fingerprint density at radius 2 is 1.83 bits per heavy atom. The van der Waals surface area contributed by atoms with Crippen molar-refractivity contribution in [3.63, 3.8) is 0 Å². The van der Waals surface area contributed by atoms with E-state index < -0.39 is 0 Å². The third-order valence-electron chi connectivity index (χ3n) is 4.70. The maximum atomic E-state index is 12.5. The number of benzene rings is 2. The summed E-state index contributed by atoms with van der Waals surface area (Å²) in [6.07, 6.45) is 3.64. The summed E-state index contributed by atoms with van der Waals surface area (Å²) in [5, 5.41) is 10.2. The third kappa shape index (κ3) is 6.26. The highest BCUT2D eigenvalue weighted by Gasteiger charge is 2.12. The number of rotatable bonds is 10. The molecule has 0 saturated carbocycles. The number of nitrogens with zero attached hydrogens (tertiary/aromatic N) is 2. The van der Waals surface area contributed by atoms with Gasteiger partial charge in [0.2, 0.25) is 11.7 Å². The average molecular weight is 393 g/mol. The molecule has 0 radical (unpaired) electrons. The maximum Gasteiger partial charge on any atom is 0.251 e. The molecular weight excluding hydrogens is 364 g/mol. The van der Waals surface area contributed by atoms with Crippen molar-refractivity contribution in [2.24, 2.45) is 0 Å². The molecule has 0 saturated heterocycles. The molecule has 1 aromatic heterocycles. The van der Waals surface area contributed by atoms with E-state index in [4.69, 9.17) is 4.52 Å². The standard InChI is InChI=1S/C23H28N4O2/c1-17(16-18-8-4-3-5-9-18)25-23(28)20-13-11-19(12-14-20)22-26-21(29-27-22)10-6-7-15-24-2/h3-5,8-9,11-14,17,24H,6-7,10,15-16H2,1-2H3,(H,25,28)/t17-/m1/s1. The number of carbonyl (C=O) groups is 1. The van der Waals surface area contributed by atoms with Crippen LogP contribution in [0.25, 0.3) is 11.4 Å². The largest absolute Gasteiger partial charge is 0.349 e. The fraction of sp³-hybridized carbons (Fsp3) is 0.348. The first-order chi connectivity index (χ1) is 14.2. The molecule has 0 bridgehead atoms. The summed E-state index contributed by atoms with van der Waals surface area (Å²) < 4.78 is 5.33. The number of hydrogen-bond donors (Lipinski definition) is 2. The van der Waals surface area contributed by atoms with Gasteiger partial charge in [-0.15, -0.1) is 0 Å². The van der Waals surface area contributed by atoms with Gasteiger partial charge in [-0.05, 0) is 57.5 Å². The van der Waals surface area contributed by atoms with E-state index in [0.29, 0.717) is 17.3 Å². The van der Waals surface area contributed by atoms with Crippen LogP contribution >= 0.6 is 0 Å². The predicted molar refractivity (Wildman–Crippen MR) is 114 cm³/mol. The van der Waals surface area contributed by atoms with Crippen LogP contribution in [-0.2, 0) is 12.8 Å². The molecule has 6 heteroatoms. The lowest BCUT2D eigenvalue weighted by Crippen LogP contribution is -2.34. The molecule has 1 heterocycles. The number of carbonyl (C=O) groups excluding carboxylic acids is 1. The molecule has 0 aliphatic carbocycles. The molecule has 0 aliphatic rings. The van der Waals surface area contributed by atoms with Crippen LogP contribution in [0.2, 0.25) is 0 Å². The Morgan fingerprint density at radius 3 is 2.55 bits per heavy atom. The van der Waals surface area contributed by atoms with Gasteiger partial charge in [0, 0.05) is 23.6 Å². The summed E-state index contributed by atoms with van der Waals surface area (Å²) in [7, 11) is 1.94. The molecule has 29 heavy (non-hydrogen) atoms. The van der Waals surface area contributed by atoms with E-state index in [9.17, 15) is 4.79 Å². The van der Waals surface area contributed by atoms with Gasteiger partial charge in [0.25, 0.3) is 5.91 Å². The number of amides is 1. The lowest BCUT2D eigenvalue weighted by molar-refractivity contribution is 0.0940. The van der Waals surface area contributed by atoms with E-state index >= 15 is 0 Å². The fourth-order valence-corrected chi connectivity index (χ4v) is 3.15. The Hall–Kier alpha value is -2.99. The van der Waals surface area contributed by atoms with Gasteiger partial charge in [-0.1, -0.05) is 47.6 Å². The molecule has 152 valence electrons. The highest BCUT2D eigenvalue weighted by atomic mass is 16.5. The molecule has 2 aromatic carbocycles. The molecular formula is C23H28N4O2. The lowest BCUT2D eigenvalue weighted by Gasteiger charge is -2.14. The summed E-state index contributed by atoms with van der Waals surface area (Å²) in [5.74, 6) is 1.11. The molecule has 0 spiro atoms. The van der Waals surface area contributed by atoms with Crippen molar-refractivity contribution in [1.82, 2.24) is 20.8 Å². The second kappa shape index (κ2) is 10.5. The summed E-state index contributed by atoms with van der Waals surface area (Å²) >= 11 is 0. The van der Waals surface area contributed by atoms with Gasteiger partial charge in [0.1, 0.15) is 0 Å². The van der Waals surface area contributed by atoms with Gasteiger partial charge in [0.05, 0.1) is 0 Å². The van der Waals surface area contributed by atoms with E-state index in [2.05, 4.69) is 32.9 Å². The highest BCUT2D eigenvalue weighted by Crippen LogP contribution is 2.17. The number of nitrogens with one attached hydrogen (secondary N) is 2. The van der Waals surface area contributed by atoms with E-state index in [-0.39, 0.29) is 11.9 Å². The number of aryl methyl sites for hydroxylation is 1.